The highest BCUT2D eigenvalue weighted by Crippen LogP contribution is 2.35. The van der Waals surface area contributed by atoms with E-state index in [4.69, 9.17) is 11.6 Å². The maximum Gasteiger partial charge on any atom is 0.0940 e. The number of hydrogen-bond donors (Lipinski definition) is 2. The molecule has 2 N–H and O–H groups in total. The summed E-state index contributed by atoms with van der Waals surface area (Å²) in [6, 6.07) is 7.67. The number of benzene rings is 1. The first kappa shape index (κ1) is 15.9. The molecule has 1 aromatic heterocycles. The van der Waals surface area contributed by atoms with Gasteiger partial charge in [-0.25, -0.2) is 4.98 Å². The van der Waals surface area contributed by atoms with Gasteiger partial charge in [0.15, 0.2) is 0 Å². The second kappa shape index (κ2) is 6.67. The Kier molecular flexibility index (Phi) is 4.83. The van der Waals surface area contributed by atoms with Gasteiger partial charge < -0.3 is 10.4 Å². The lowest BCUT2D eigenvalue weighted by atomic mass is 9.96. The molecule has 1 aromatic carbocycles. The van der Waals surface area contributed by atoms with Gasteiger partial charge in [0.2, 0.25) is 0 Å². The quantitative estimate of drug-likeness (QED) is 0.879. The van der Waals surface area contributed by atoms with Gasteiger partial charge in [0.05, 0.1) is 16.8 Å². The molecular formula is C17H21ClN2OS. The fourth-order valence-electron chi connectivity index (χ4n) is 3.06. The highest BCUT2D eigenvalue weighted by Gasteiger charge is 2.27. The highest BCUT2D eigenvalue weighted by molar-refractivity contribution is 7.11. The molecule has 0 bridgehead atoms. The minimum Gasteiger partial charge on any atom is -0.387 e. The molecule has 2 aromatic rings. The third-order valence-electron chi connectivity index (χ3n) is 4.21. The molecule has 1 aliphatic carbocycles. The van der Waals surface area contributed by atoms with Crippen LogP contribution in [0.5, 0.6) is 0 Å². The number of thiazole rings is 1. The molecular weight excluding hydrogens is 316 g/mol. The molecule has 1 aliphatic rings. The minimum atomic E-state index is -0.545. The average Bonchev–Trinajstić information content (AvgIpc) is 2.88. The lowest BCUT2D eigenvalue weighted by Gasteiger charge is -2.29. The molecule has 0 radical (unpaired) electrons. The lowest BCUT2D eigenvalue weighted by Crippen LogP contribution is -2.36. The number of hydrogen-bond acceptors (Lipinski definition) is 4. The van der Waals surface area contributed by atoms with Gasteiger partial charge in [-0.05, 0) is 50.8 Å². The summed E-state index contributed by atoms with van der Waals surface area (Å²) >= 11 is 7.68. The zero-order valence-corrected chi connectivity index (χ0v) is 14.4. The molecule has 0 amide bonds. The third-order valence-corrected chi connectivity index (χ3v) is 5.59. The van der Waals surface area contributed by atoms with Gasteiger partial charge >= 0.3 is 0 Å². The van der Waals surface area contributed by atoms with Crippen molar-refractivity contribution in [1.82, 2.24) is 10.3 Å². The number of halogens is 1. The molecule has 0 fully saturated rings. The van der Waals surface area contributed by atoms with E-state index in [1.807, 2.05) is 31.2 Å². The fraction of sp³-hybridized carbons (Fsp3) is 0.471. The Morgan fingerprint density at radius 2 is 2.09 bits per heavy atom. The van der Waals surface area contributed by atoms with E-state index in [0.29, 0.717) is 11.1 Å². The Morgan fingerprint density at radius 1 is 1.36 bits per heavy atom. The van der Waals surface area contributed by atoms with E-state index in [1.165, 1.54) is 10.6 Å². The molecule has 5 heteroatoms. The van der Waals surface area contributed by atoms with E-state index in [2.05, 4.69) is 17.2 Å². The standard InChI is InChI=1S/C17H21ClN2OS/c1-10(16(21)12-6-8-13(18)9-7-12)19-14-4-3-5-15-17(14)22-11(2)20-15/h6-10,14,16,19,21H,3-5H2,1-2H3. The molecule has 0 saturated heterocycles. The van der Waals surface area contributed by atoms with Crippen LogP contribution in [-0.4, -0.2) is 16.1 Å². The first-order chi connectivity index (χ1) is 10.5. The van der Waals surface area contributed by atoms with Crippen molar-refractivity contribution in [1.29, 1.82) is 0 Å². The molecule has 0 saturated carbocycles. The van der Waals surface area contributed by atoms with Crippen LogP contribution in [0.3, 0.4) is 0 Å². The summed E-state index contributed by atoms with van der Waals surface area (Å²) in [6.07, 6.45) is 2.78. The van der Waals surface area contributed by atoms with E-state index in [-0.39, 0.29) is 6.04 Å². The predicted molar refractivity (Wildman–Crippen MR) is 91.5 cm³/mol. The van der Waals surface area contributed by atoms with Gasteiger partial charge in [0.1, 0.15) is 0 Å². The molecule has 118 valence electrons. The Hall–Kier alpha value is -0.940. The summed E-state index contributed by atoms with van der Waals surface area (Å²) in [7, 11) is 0. The van der Waals surface area contributed by atoms with Crippen LogP contribution in [0.2, 0.25) is 5.02 Å². The SMILES string of the molecule is Cc1nc2c(s1)C(NC(C)C(O)c1ccc(Cl)cc1)CCC2. The van der Waals surface area contributed by atoms with Crippen LogP contribution < -0.4 is 5.32 Å². The second-order valence-corrected chi connectivity index (χ2v) is 7.61. The summed E-state index contributed by atoms with van der Waals surface area (Å²) in [6.45, 7) is 4.09. The highest BCUT2D eigenvalue weighted by atomic mass is 35.5. The summed E-state index contributed by atoms with van der Waals surface area (Å²) in [5.41, 5.74) is 2.13. The molecule has 0 spiro atoms. The molecule has 1 heterocycles. The number of rotatable bonds is 4. The summed E-state index contributed by atoms with van der Waals surface area (Å²) < 4.78 is 0. The van der Waals surface area contributed by atoms with Gasteiger partial charge in [-0.3, -0.25) is 0 Å². The Bertz CT molecular complexity index is 641. The normalized spacial score (nSPS) is 20.5. The van der Waals surface area contributed by atoms with Gasteiger partial charge in [-0.15, -0.1) is 11.3 Å². The minimum absolute atomic E-state index is 0.0282. The van der Waals surface area contributed by atoms with Gasteiger partial charge in [0.25, 0.3) is 0 Å². The van der Waals surface area contributed by atoms with Gasteiger partial charge in [0, 0.05) is 22.0 Å². The molecule has 3 nitrogen and oxygen atoms in total. The second-order valence-electron chi connectivity index (χ2n) is 5.94. The van der Waals surface area contributed by atoms with Crippen LogP contribution in [0, 0.1) is 6.92 Å². The molecule has 3 unspecified atom stereocenters. The summed E-state index contributed by atoms with van der Waals surface area (Å²) in [4.78, 5) is 5.97. The third kappa shape index (κ3) is 3.35. The van der Waals surface area contributed by atoms with Crippen LogP contribution in [0.15, 0.2) is 24.3 Å². The van der Waals surface area contributed by atoms with Crippen molar-refractivity contribution < 1.29 is 5.11 Å². The van der Waals surface area contributed by atoms with Crippen molar-refractivity contribution in [3.8, 4) is 0 Å². The smallest absolute Gasteiger partial charge is 0.0940 e. The van der Waals surface area contributed by atoms with Crippen molar-refractivity contribution in [2.75, 3.05) is 0 Å². The van der Waals surface area contributed by atoms with E-state index in [0.717, 1.165) is 29.8 Å². The van der Waals surface area contributed by atoms with E-state index in [1.54, 1.807) is 11.3 Å². The van der Waals surface area contributed by atoms with Crippen molar-refractivity contribution in [2.45, 2.75) is 51.3 Å². The van der Waals surface area contributed by atoms with Gasteiger partial charge in [-0.1, -0.05) is 23.7 Å². The van der Waals surface area contributed by atoms with Crippen molar-refractivity contribution >= 4 is 22.9 Å². The first-order valence-corrected chi connectivity index (χ1v) is 8.90. The Morgan fingerprint density at radius 3 is 2.82 bits per heavy atom. The number of fused-ring (bicyclic) bond motifs is 1. The maximum atomic E-state index is 10.5. The zero-order chi connectivity index (χ0) is 15.7. The Balaban J connectivity index is 1.71. The number of aromatic nitrogens is 1. The average molecular weight is 337 g/mol. The van der Waals surface area contributed by atoms with E-state index < -0.39 is 6.10 Å². The number of nitrogens with one attached hydrogen (secondary N) is 1. The largest absolute Gasteiger partial charge is 0.387 e. The lowest BCUT2D eigenvalue weighted by molar-refractivity contribution is 0.128. The van der Waals surface area contributed by atoms with Crippen molar-refractivity contribution in [3.05, 3.63) is 50.4 Å². The molecule has 3 atom stereocenters. The molecule has 22 heavy (non-hydrogen) atoms. The van der Waals surface area contributed by atoms with Crippen molar-refractivity contribution in [3.63, 3.8) is 0 Å². The van der Waals surface area contributed by atoms with Crippen LogP contribution in [0.4, 0.5) is 0 Å². The fourth-order valence-corrected chi connectivity index (χ4v) is 4.25. The van der Waals surface area contributed by atoms with Crippen LogP contribution in [-0.2, 0) is 6.42 Å². The number of aliphatic hydroxyl groups is 1. The number of nitrogens with zero attached hydrogens (tertiary/aromatic N) is 1. The van der Waals surface area contributed by atoms with E-state index >= 15 is 0 Å². The van der Waals surface area contributed by atoms with E-state index in [9.17, 15) is 5.11 Å². The first-order valence-electron chi connectivity index (χ1n) is 7.70. The van der Waals surface area contributed by atoms with Crippen LogP contribution in [0.1, 0.15) is 53.1 Å². The van der Waals surface area contributed by atoms with Gasteiger partial charge in [-0.2, -0.15) is 0 Å². The summed E-state index contributed by atoms with van der Waals surface area (Å²) in [5, 5.41) is 16.0. The zero-order valence-electron chi connectivity index (χ0n) is 12.8. The predicted octanol–water partition coefficient (Wildman–Crippen LogP) is 4.19. The number of aliphatic hydroxyl groups excluding tert-OH is 1. The molecule has 0 aliphatic heterocycles. The van der Waals surface area contributed by atoms with Crippen molar-refractivity contribution in [2.24, 2.45) is 0 Å². The maximum absolute atomic E-state index is 10.5. The van der Waals surface area contributed by atoms with Crippen LogP contribution >= 0.6 is 22.9 Å². The number of aryl methyl sites for hydroxylation is 2. The Labute approximate surface area is 140 Å². The topological polar surface area (TPSA) is 45.2 Å². The van der Waals surface area contributed by atoms with Crippen LogP contribution in [0.25, 0.3) is 0 Å². The monoisotopic (exact) mass is 336 g/mol. The molecule has 3 rings (SSSR count). The summed E-state index contributed by atoms with van der Waals surface area (Å²) in [5.74, 6) is 0.